The van der Waals surface area contributed by atoms with E-state index in [4.69, 9.17) is 16.3 Å². The molecule has 0 aliphatic rings. The van der Waals surface area contributed by atoms with E-state index in [2.05, 4.69) is 10.6 Å². The van der Waals surface area contributed by atoms with E-state index in [9.17, 15) is 9.59 Å². The van der Waals surface area contributed by atoms with Crippen molar-refractivity contribution < 1.29 is 14.3 Å². The molecule has 0 spiro atoms. The summed E-state index contributed by atoms with van der Waals surface area (Å²) in [5, 5.41) is 6.21. The topological polar surface area (TPSA) is 67.4 Å². The van der Waals surface area contributed by atoms with Crippen molar-refractivity contribution >= 4 is 34.8 Å². The molecule has 3 aromatic rings. The minimum absolute atomic E-state index is 0.215. The summed E-state index contributed by atoms with van der Waals surface area (Å²) in [5.74, 6) is -0.0185. The lowest BCUT2D eigenvalue weighted by atomic mass is 10.2. The van der Waals surface area contributed by atoms with Gasteiger partial charge >= 0.3 is 0 Å². The number of aryl methyl sites for hydroxylation is 2. The summed E-state index contributed by atoms with van der Waals surface area (Å²) < 4.78 is 5.69. The van der Waals surface area contributed by atoms with Gasteiger partial charge in [0.05, 0.1) is 0 Å². The molecule has 0 fully saturated rings. The van der Waals surface area contributed by atoms with Crippen LogP contribution >= 0.6 is 11.6 Å². The maximum Gasteiger partial charge on any atom is 0.265 e. The minimum atomic E-state index is -0.725. The molecule has 0 unspecified atom stereocenters. The monoisotopic (exact) mass is 422 g/mol. The van der Waals surface area contributed by atoms with Gasteiger partial charge in [0.15, 0.2) is 6.10 Å². The fraction of sp³-hybridized carbons (Fsp3) is 0.167. The lowest BCUT2D eigenvalue weighted by Crippen LogP contribution is -2.30. The zero-order valence-corrected chi connectivity index (χ0v) is 17.8. The van der Waals surface area contributed by atoms with E-state index in [0.717, 1.165) is 16.8 Å². The third-order valence-corrected chi connectivity index (χ3v) is 4.95. The highest BCUT2D eigenvalue weighted by Crippen LogP contribution is 2.21. The van der Waals surface area contributed by atoms with Crippen molar-refractivity contribution in [1.29, 1.82) is 0 Å². The second-order valence-electron chi connectivity index (χ2n) is 7.06. The average molecular weight is 423 g/mol. The summed E-state index contributed by atoms with van der Waals surface area (Å²) in [6.45, 7) is 5.54. The third kappa shape index (κ3) is 5.61. The summed E-state index contributed by atoms with van der Waals surface area (Å²) in [7, 11) is 0. The number of nitrogens with one attached hydrogen (secondary N) is 2. The Hall–Kier alpha value is -3.31. The smallest absolute Gasteiger partial charge is 0.265 e. The molecule has 6 heteroatoms. The van der Waals surface area contributed by atoms with Crippen LogP contribution in [0.1, 0.15) is 28.4 Å². The van der Waals surface area contributed by atoms with Crippen molar-refractivity contribution in [3.63, 3.8) is 0 Å². The molecule has 0 saturated carbocycles. The Balaban J connectivity index is 1.57. The van der Waals surface area contributed by atoms with Gasteiger partial charge < -0.3 is 15.4 Å². The molecule has 2 N–H and O–H groups in total. The number of halogens is 1. The Kier molecular flexibility index (Phi) is 6.75. The Morgan fingerprint density at radius 2 is 1.50 bits per heavy atom. The van der Waals surface area contributed by atoms with Crippen LogP contribution in [0.3, 0.4) is 0 Å². The molecule has 1 atom stereocenters. The minimum Gasteiger partial charge on any atom is -0.481 e. The standard InChI is InChI=1S/C24H23ClN2O3/c1-15-4-9-19(10-5-15)26-24(29)18-7-12-21(13-8-18)30-17(3)23(28)27-20-11-6-16(2)22(25)14-20/h4-14,17H,1-3H3,(H,26,29)(H,27,28)/t17-/m1/s1. The highest BCUT2D eigenvalue weighted by molar-refractivity contribution is 6.31. The molecule has 0 bridgehead atoms. The number of anilines is 2. The van der Waals surface area contributed by atoms with Crippen molar-refractivity contribution in [1.82, 2.24) is 0 Å². The maximum absolute atomic E-state index is 12.4. The number of rotatable bonds is 6. The van der Waals surface area contributed by atoms with Gasteiger partial charge in [0.25, 0.3) is 11.8 Å². The fourth-order valence-electron chi connectivity index (χ4n) is 2.70. The van der Waals surface area contributed by atoms with E-state index >= 15 is 0 Å². The third-order valence-electron chi connectivity index (χ3n) is 4.55. The van der Waals surface area contributed by atoms with Crippen LogP contribution in [0.4, 0.5) is 11.4 Å². The van der Waals surface area contributed by atoms with Gasteiger partial charge in [0.1, 0.15) is 5.75 Å². The number of amides is 2. The normalized spacial score (nSPS) is 11.5. The molecular formula is C24H23ClN2O3. The lowest BCUT2D eigenvalue weighted by Gasteiger charge is -2.15. The molecule has 0 saturated heterocycles. The van der Waals surface area contributed by atoms with Gasteiger partial charge in [0, 0.05) is 22.0 Å². The second-order valence-corrected chi connectivity index (χ2v) is 7.47. The molecule has 154 valence electrons. The number of ether oxygens (including phenoxy) is 1. The number of carbonyl (C=O) groups excluding carboxylic acids is 2. The largest absolute Gasteiger partial charge is 0.481 e. The van der Waals surface area contributed by atoms with Crippen LogP contribution in [0.15, 0.2) is 66.7 Å². The molecule has 3 aromatic carbocycles. The fourth-order valence-corrected chi connectivity index (χ4v) is 2.88. The van der Waals surface area contributed by atoms with Crippen LogP contribution in [-0.2, 0) is 4.79 Å². The van der Waals surface area contributed by atoms with Gasteiger partial charge in [-0.05, 0) is 74.9 Å². The lowest BCUT2D eigenvalue weighted by molar-refractivity contribution is -0.122. The van der Waals surface area contributed by atoms with Crippen molar-refractivity contribution in [3.05, 3.63) is 88.4 Å². The van der Waals surface area contributed by atoms with Crippen LogP contribution in [0.25, 0.3) is 0 Å². The van der Waals surface area contributed by atoms with Gasteiger partial charge in [-0.3, -0.25) is 9.59 Å². The number of carbonyl (C=O) groups is 2. The highest BCUT2D eigenvalue weighted by Gasteiger charge is 2.16. The molecular weight excluding hydrogens is 400 g/mol. The van der Waals surface area contributed by atoms with Crippen LogP contribution in [0.5, 0.6) is 5.75 Å². The summed E-state index contributed by atoms with van der Waals surface area (Å²) in [6, 6.07) is 19.5. The predicted octanol–water partition coefficient (Wildman–Crippen LogP) is 5.62. The summed E-state index contributed by atoms with van der Waals surface area (Å²) in [4.78, 5) is 24.7. The van der Waals surface area contributed by atoms with Crippen molar-refractivity contribution in [2.75, 3.05) is 10.6 Å². The van der Waals surface area contributed by atoms with Gasteiger partial charge in [-0.2, -0.15) is 0 Å². The number of benzene rings is 3. The summed E-state index contributed by atoms with van der Waals surface area (Å²) in [5.41, 5.74) is 3.89. The van der Waals surface area contributed by atoms with E-state index in [-0.39, 0.29) is 11.8 Å². The second kappa shape index (κ2) is 9.46. The first-order valence-electron chi connectivity index (χ1n) is 9.53. The predicted molar refractivity (Wildman–Crippen MR) is 120 cm³/mol. The Bertz CT molecular complexity index is 1050. The molecule has 30 heavy (non-hydrogen) atoms. The molecule has 0 aromatic heterocycles. The molecule has 5 nitrogen and oxygen atoms in total. The first-order chi connectivity index (χ1) is 14.3. The average Bonchev–Trinajstić information content (AvgIpc) is 2.73. The van der Waals surface area contributed by atoms with Gasteiger partial charge in [0.2, 0.25) is 0 Å². The zero-order chi connectivity index (χ0) is 21.7. The van der Waals surface area contributed by atoms with Crippen molar-refractivity contribution in [2.45, 2.75) is 26.9 Å². The molecule has 0 radical (unpaired) electrons. The van der Waals surface area contributed by atoms with E-state index < -0.39 is 6.10 Å². The Labute approximate surface area is 181 Å². The van der Waals surface area contributed by atoms with E-state index in [1.807, 2.05) is 44.2 Å². The highest BCUT2D eigenvalue weighted by atomic mass is 35.5. The Morgan fingerprint density at radius 3 is 2.13 bits per heavy atom. The van der Waals surface area contributed by atoms with E-state index in [1.54, 1.807) is 43.3 Å². The van der Waals surface area contributed by atoms with Crippen LogP contribution in [0.2, 0.25) is 5.02 Å². The van der Waals surface area contributed by atoms with Crippen molar-refractivity contribution in [3.8, 4) is 5.75 Å². The first-order valence-corrected chi connectivity index (χ1v) is 9.91. The van der Waals surface area contributed by atoms with Crippen molar-refractivity contribution in [2.24, 2.45) is 0 Å². The van der Waals surface area contributed by atoms with Crippen LogP contribution in [-0.4, -0.2) is 17.9 Å². The quantitative estimate of drug-likeness (QED) is 0.542. The first kappa shape index (κ1) is 21.4. The van der Waals surface area contributed by atoms with Gasteiger partial charge in [-0.1, -0.05) is 35.4 Å². The molecule has 2 amide bonds. The molecule has 0 aliphatic carbocycles. The van der Waals surface area contributed by atoms with E-state index in [0.29, 0.717) is 22.0 Å². The van der Waals surface area contributed by atoms with Crippen LogP contribution < -0.4 is 15.4 Å². The Morgan fingerprint density at radius 1 is 0.867 bits per heavy atom. The SMILES string of the molecule is Cc1ccc(NC(=O)c2ccc(O[C@H](C)C(=O)Nc3ccc(C)c(Cl)c3)cc2)cc1. The van der Waals surface area contributed by atoms with Gasteiger partial charge in [-0.25, -0.2) is 0 Å². The zero-order valence-electron chi connectivity index (χ0n) is 17.0. The van der Waals surface area contributed by atoms with Gasteiger partial charge in [-0.15, -0.1) is 0 Å². The summed E-state index contributed by atoms with van der Waals surface area (Å²) in [6.07, 6.45) is -0.725. The van der Waals surface area contributed by atoms with E-state index in [1.165, 1.54) is 0 Å². The molecule has 0 heterocycles. The molecule has 0 aliphatic heterocycles. The number of hydrogen-bond donors (Lipinski definition) is 2. The number of hydrogen-bond acceptors (Lipinski definition) is 3. The molecule has 3 rings (SSSR count). The van der Waals surface area contributed by atoms with Crippen LogP contribution in [0, 0.1) is 13.8 Å². The maximum atomic E-state index is 12.4. The summed E-state index contributed by atoms with van der Waals surface area (Å²) >= 11 is 6.09.